The van der Waals surface area contributed by atoms with Gasteiger partial charge in [-0.15, -0.1) is 0 Å². The van der Waals surface area contributed by atoms with Crippen molar-refractivity contribution in [3.05, 3.63) is 115 Å². The molecule has 290 valence electrons. The molecule has 0 fully saturated rings. The van der Waals surface area contributed by atoms with Crippen LogP contribution in [0.1, 0.15) is 54.5 Å². The van der Waals surface area contributed by atoms with Crippen LogP contribution in [0.25, 0.3) is 4.85 Å². The molecule has 54 heavy (non-hydrogen) atoms. The maximum atomic E-state index is 11.2. The van der Waals surface area contributed by atoms with Crippen LogP contribution in [0.5, 0.6) is 0 Å². The fraction of sp³-hybridized carbons (Fsp3) is 0.294. The fourth-order valence-corrected chi connectivity index (χ4v) is 2.99. The van der Waals surface area contributed by atoms with Gasteiger partial charge in [0.25, 0.3) is 18.0 Å². The van der Waals surface area contributed by atoms with E-state index in [-0.39, 0.29) is 28.6 Å². The van der Waals surface area contributed by atoms with Gasteiger partial charge in [0.15, 0.2) is 5.78 Å². The first-order chi connectivity index (χ1) is 25.1. The molecule has 0 radical (unpaired) electrons. The molecule has 0 saturated carbocycles. The number of halogens is 5. The van der Waals surface area contributed by atoms with Gasteiger partial charge >= 0.3 is 18.1 Å². The van der Waals surface area contributed by atoms with Gasteiger partial charge in [-0.25, -0.2) is 21.3 Å². The SMILES string of the molecule is CC(=O)OC(=O)C(F)(F)F.CCO/C=C/C(C)=O.Cc1ccc(C#N)c(=O)[nH]1.Cc1ccc(C#N)c(Cl)n1.Cc1ccc(CN)c(Cl)n1.[C-]#[N+]CC(N)=O. The van der Waals surface area contributed by atoms with Crippen LogP contribution in [0.15, 0.2) is 53.5 Å². The van der Waals surface area contributed by atoms with Crippen molar-refractivity contribution >= 4 is 46.8 Å². The zero-order valence-electron chi connectivity index (χ0n) is 29.9. The van der Waals surface area contributed by atoms with Crippen molar-refractivity contribution in [2.45, 2.75) is 54.3 Å². The summed E-state index contributed by atoms with van der Waals surface area (Å²) >= 11 is 11.3. The Labute approximate surface area is 319 Å². The standard InChI is InChI=1S/C7H9ClN2.C7H5ClN2.C7H6N2O.C6H10O2.C4H3F3O3.C3H4N2O/c2*1-5-2-3-6(4-9)7(8)10-5;1-5-2-3-6(4-8)7(10)9-5;1-3-8-5-4-6(2)7;1-2(8)10-3(9)4(5,6)7;1-5-2-3(4)6/h2-3H,4,9H2,1H3;2-3H,1H3;2-3H,1H3,(H,9,10);4-5H,3H2,1-2H3;1H3;2H2,(H2,4,6)/b;;;5-4+;;. The number of rotatable bonds is 5. The normalized spacial score (nSPS) is 9.28. The number of primary amides is 1. The number of nitriles is 2. The zero-order chi connectivity index (χ0) is 42.4. The van der Waals surface area contributed by atoms with Crippen LogP contribution in [0.2, 0.25) is 10.3 Å². The van der Waals surface area contributed by atoms with E-state index in [1.54, 1.807) is 31.2 Å². The average molecular weight is 798 g/mol. The number of nitrogens with zero attached hydrogens (tertiary/aromatic N) is 5. The number of amides is 1. The highest BCUT2D eigenvalue weighted by atomic mass is 35.5. The number of carbonyl (C=O) groups excluding carboxylic acids is 4. The van der Waals surface area contributed by atoms with Gasteiger partial charge in [0.1, 0.15) is 28.0 Å². The summed E-state index contributed by atoms with van der Waals surface area (Å²) in [6.45, 7) is 16.5. The van der Waals surface area contributed by atoms with Crippen LogP contribution in [0.3, 0.4) is 0 Å². The number of aromatic amines is 1. The van der Waals surface area contributed by atoms with Crippen molar-refractivity contribution in [1.29, 1.82) is 10.5 Å². The largest absolute Gasteiger partial charge is 0.501 e. The van der Waals surface area contributed by atoms with E-state index in [0.717, 1.165) is 22.6 Å². The van der Waals surface area contributed by atoms with Crippen LogP contribution < -0.4 is 17.0 Å². The van der Waals surface area contributed by atoms with Gasteiger partial charge in [0, 0.05) is 42.2 Å². The number of ether oxygens (including phenoxy) is 2. The van der Waals surface area contributed by atoms with Gasteiger partial charge in [-0.2, -0.15) is 23.7 Å². The Kier molecular flexibility index (Phi) is 28.5. The van der Waals surface area contributed by atoms with E-state index in [1.165, 1.54) is 25.3 Å². The number of pyridine rings is 3. The minimum Gasteiger partial charge on any atom is -0.501 e. The second kappa shape index (κ2) is 29.4. The third-order valence-electron chi connectivity index (χ3n) is 4.84. The second-order valence-corrected chi connectivity index (χ2v) is 10.3. The summed E-state index contributed by atoms with van der Waals surface area (Å²) in [4.78, 5) is 63.2. The summed E-state index contributed by atoms with van der Waals surface area (Å²) < 4.78 is 41.5. The van der Waals surface area contributed by atoms with E-state index >= 15 is 0 Å². The first-order valence-electron chi connectivity index (χ1n) is 14.7. The Morgan fingerprint density at radius 3 is 1.81 bits per heavy atom. The van der Waals surface area contributed by atoms with Crippen molar-refractivity contribution < 1.29 is 41.8 Å². The second-order valence-electron chi connectivity index (χ2n) is 9.54. The lowest BCUT2D eigenvalue weighted by atomic mass is 10.2. The first-order valence-corrected chi connectivity index (χ1v) is 15.5. The summed E-state index contributed by atoms with van der Waals surface area (Å²) in [6.07, 6.45) is -2.29. The summed E-state index contributed by atoms with van der Waals surface area (Å²) in [5.41, 5.74) is 13.6. The van der Waals surface area contributed by atoms with Gasteiger partial charge in [-0.3, -0.25) is 19.2 Å². The number of nitrogens with one attached hydrogen (secondary N) is 1. The van der Waals surface area contributed by atoms with Crippen molar-refractivity contribution in [2.24, 2.45) is 11.5 Å². The highest BCUT2D eigenvalue weighted by Crippen LogP contribution is 2.16. The number of ketones is 1. The molecule has 3 aromatic rings. The van der Waals surface area contributed by atoms with Crippen LogP contribution in [0, 0.1) is 50.0 Å². The van der Waals surface area contributed by atoms with Crippen molar-refractivity contribution in [2.75, 3.05) is 13.2 Å². The zero-order valence-corrected chi connectivity index (χ0v) is 31.4. The molecule has 0 saturated heterocycles. The number of H-pyrrole nitrogens is 1. The Morgan fingerprint density at radius 1 is 0.963 bits per heavy atom. The van der Waals surface area contributed by atoms with Gasteiger partial charge in [0.2, 0.25) is 0 Å². The molecule has 0 aromatic carbocycles. The topological polar surface area (TPSA) is 249 Å². The lowest BCUT2D eigenvalue weighted by Crippen LogP contribution is -2.26. The molecule has 0 aliphatic heterocycles. The van der Waals surface area contributed by atoms with E-state index in [2.05, 4.69) is 30.3 Å². The smallest absolute Gasteiger partial charge is 0.491 e. The Balaban J connectivity index is -0.000000583. The highest BCUT2D eigenvalue weighted by Gasteiger charge is 2.41. The number of carbonyl (C=O) groups is 4. The predicted octanol–water partition coefficient (Wildman–Crippen LogP) is 5.13. The molecule has 0 unspecified atom stereocenters. The van der Waals surface area contributed by atoms with Crippen molar-refractivity contribution in [3.63, 3.8) is 0 Å². The van der Waals surface area contributed by atoms with Crippen LogP contribution in [-0.2, 0) is 35.2 Å². The Bertz CT molecular complexity index is 1900. The monoisotopic (exact) mass is 796 g/mol. The molecule has 0 spiro atoms. The van der Waals surface area contributed by atoms with E-state index in [1.807, 2.05) is 39.0 Å². The molecule has 3 aromatic heterocycles. The summed E-state index contributed by atoms with van der Waals surface area (Å²) in [7, 11) is 0. The van der Waals surface area contributed by atoms with Crippen LogP contribution >= 0.6 is 23.2 Å². The van der Waals surface area contributed by atoms with Gasteiger partial charge in [0.05, 0.1) is 18.4 Å². The van der Waals surface area contributed by atoms with E-state index in [4.69, 9.17) is 50.8 Å². The van der Waals surface area contributed by atoms with Gasteiger partial charge in [-0.05, 0) is 65.0 Å². The molecule has 0 atom stereocenters. The molecular weight excluding hydrogens is 760 g/mol. The van der Waals surface area contributed by atoms with Crippen molar-refractivity contribution in [1.82, 2.24) is 15.0 Å². The minimum atomic E-state index is -5.09. The van der Waals surface area contributed by atoms with Crippen LogP contribution in [-0.4, -0.2) is 57.9 Å². The van der Waals surface area contributed by atoms with E-state index < -0.39 is 24.0 Å². The molecule has 3 rings (SSSR count). The summed E-state index contributed by atoms with van der Waals surface area (Å²) in [6, 6.07) is 14.1. The maximum Gasteiger partial charge on any atom is 0.491 e. The number of hydrogen-bond donors (Lipinski definition) is 3. The lowest BCUT2D eigenvalue weighted by molar-refractivity contribution is -0.201. The minimum absolute atomic E-state index is 0.0125. The molecular formula is C34H37Cl2F3N8O7. The summed E-state index contributed by atoms with van der Waals surface area (Å²) in [5, 5.41) is 17.6. The number of allylic oxidation sites excluding steroid dienone is 1. The maximum absolute atomic E-state index is 11.2. The quantitative estimate of drug-likeness (QED) is 0.0759. The molecule has 5 N–H and O–H groups in total. The highest BCUT2D eigenvalue weighted by molar-refractivity contribution is 6.30. The summed E-state index contributed by atoms with van der Waals surface area (Å²) in [5.74, 6) is -4.31. The van der Waals surface area contributed by atoms with Crippen LogP contribution in [0.4, 0.5) is 13.2 Å². The van der Waals surface area contributed by atoms with Gasteiger partial charge in [-0.1, -0.05) is 29.3 Å². The number of esters is 2. The van der Waals surface area contributed by atoms with Gasteiger partial charge < -0.3 is 30.8 Å². The number of hydrogen-bond acceptors (Lipinski definition) is 12. The Morgan fingerprint density at radius 2 is 1.48 bits per heavy atom. The fourth-order valence-electron chi connectivity index (χ4n) is 2.48. The van der Waals surface area contributed by atoms with Crippen molar-refractivity contribution in [3.8, 4) is 12.1 Å². The third kappa shape index (κ3) is 28.6. The molecule has 0 aliphatic carbocycles. The third-order valence-corrected chi connectivity index (χ3v) is 5.45. The molecule has 1 amide bonds. The predicted molar refractivity (Wildman–Crippen MR) is 192 cm³/mol. The van der Waals surface area contributed by atoms with E-state index in [0.29, 0.717) is 30.8 Å². The molecule has 20 heteroatoms. The number of aromatic nitrogens is 3. The first kappa shape index (κ1) is 52.2. The number of aryl methyl sites for hydroxylation is 3. The molecule has 0 bridgehead atoms. The number of alkyl halides is 3. The molecule has 0 aliphatic rings. The average Bonchev–Trinajstić information content (AvgIpc) is 3.06. The molecule has 3 heterocycles. The molecule has 15 nitrogen and oxygen atoms in total. The lowest BCUT2D eigenvalue weighted by Gasteiger charge is -2.01. The Hall–Kier alpha value is -6.13. The van der Waals surface area contributed by atoms with E-state index in [9.17, 15) is 37.1 Å². The number of nitrogens with two attached hydrogens (primary N) is 2.